The van der Waals surface area contributed by atoms with Gasteiger partial charge in [-0.1, -0.05) is 6.07 Å². The smallest absolute Gasteiger partial charge is 0.213 e. The highest BCUT2D eigenvalue weighted by molar-refractivity contribution is 9.10. The van der Waals surface area contributed by atoms with Crippen molar-refractivity contribution in [2.75, 3.05) is 0 Å². The van der Waals surface area contributed by atoms with E-state index >= 15 is 0 Å². The van der Waals surface area contributed by atoms with E-state index < -0.39 is 6.10 Å². The van der Waals surface area contributed by atoms with E-state index in [2.05, 4.69) is 31.5 Å². The molecule has 2 rings (SSSR count). The molecular weight excluding hydrogens is 304 g/mol. The summed E-state index contributed by atoms with van der Waals surface area (Å²) in [5.74, 6) is 0. The molecule has 0 bridgehead atoms. The minimum absolute atomic E-state index is 0.471. The lowest BCUT2D eigenvalue weighted by Crippen LogP contribution is -1.94. The van der Waals surface area contributed by atoms with Gasteiger partial charge in [0.05, 0.1) is 6.10 Å². The highest BCUT2D eigenvalue weighted by Gasteiger charge is 2.10. The van der Waals surface area contributed by atoms with Crippen LogP contribution in [0.2, 0.25) is 0 Å². The molecule has 0 saturated carbocycles. The van der Waals surface area contributed by atoms with E-state index in [9.17, 15) is 5.11 Å². The van der Waals surface area contributed by atoms with Crippen LogP contribution in [0.1, 0.15) is 18.6 Å². The number of aliphatic hydroxyl groups excluding tert-OH is 1. The maximum atomic E-state index is 9.48. The lowest BCUT2D eigenvalue weighted by Gasteiger charge is -2.08. The first kappa shape index (κ1) is 12.5. The van der Waals surface area contributed by atoms with Crippen molar-refractivity contribution in [2.45, 2.75) is 23.1 Å². The highest BCUT2D eigenvalue weighted by Crippen LogP contribution is 2.33. The maximum absolute atomic E-state index is 9.48. The van der Waals surface area contributed by atoms with Gasteiger partial charge in [-0.15, -0.1) is 5.10 Å². The minimum atomic E-state index is -0.471. The van der Waals surface area contributed by atoms with E-state index in [0.29, 0.717) is 0 Å². The molecule has 5 nitrogen and oxygen atoms in total. The Labute approximate surface area is 111 Å². The molecule has 0 aliphatic carbocycles. The lowest BCUT2D eigenvalue weighted by atomic mass is 10.1. The van der Waals surface area contributed by atoms with Crippen LogP contribution in [-0.2, 0) is 7.05 Å². The average Bonchev–Trinajstić information content (AvgIpc) is 2.67. The minimum Gasteiger partial charge on any atom is -0.389 e. The van der Waals surface area contributed by atoms with Gasteiger partial charge in [0.25, 0.3) is 0 Å². The lowest BCUT2D eigenvalue weighted by molar-refractivity contribution is 0.199. The largest absolute Gasteiger partial charge is 0.389 e. The molecule has 0 aliphatic heterocycles. The van der Waals surface area contributed by atoms with E-state index in [1.807, 2.05) is 18.2 Å². The molecule has 90 valence electrons. The SMILES string of the molecule is CC(O)c1ccc(Sc2nnnn2C)c(Br)c1. The predicted molar refractivity (Wildman–Crippen MR) is 67.7 cm³/mol. The van der Waals surface area contributed by atoms with E-state index in [1.165, 1.54) is 11.8 Å². The summed E-state index contributed by atoms with van der Waals surface area (Å²) >= 11 is 4.94. The van der Waals surface area contributed by atoms with Crippen LogP contribution in [0.25, 0.3) is 0 Å². The fourth-order valence-electron chi connectivity index (χ4n) is 1.27. The van der Waals surface area contributed by atoms with Crippen molar-refractivity contribution in [3.05, 3.63) is 28.2 Å². The van der Waals surface area contributed by atoms with Crippen molar-refractivity contribution >= 4 is 27.7 Å². The number of hydrogen-bond acceptors (Lipinski definition) is 5. The number of halogens is 1. The summed E-state index contributed by atoms with van der Waals surface area (Å²) < 4.78 is 2.53. The number of aryl methyl sites for hydroxylation is 1. The Morgan fingerprint density at radius 3 is 2.76 bits per heavy atom. The predicted octanol–water partition coefficient (Wildman–Crippen LogP) is 2.18. The van der Waals surface area contributed by atoms with Gasteiger partial charge in [-0.3, -0.25) is 0 Å². The second-order valence-corrected chi connectivity index (χ2v) is 5.42. The van der Waals surface area contributed by atoms with Crippen molar-refractivity contribution in [2.24, 2.45) is 7.05 Å². The molecule has 1 unspecified atom stereocenters. The van der Waals surface area contributed by atoms with E-state index in [0.717, 1.165) is 20.1 Å². The number of tetrazole rings is 1. The van der Waals surface area contributed by atoms with Gasteiger partial charge < -0.3 is 5.11 Å². The van der Waals surface area contributed by atoms with Crippen LogP contribution in [0.5, 0.6) is 0 Å². The third-order valence-corrected chi connectivity index (χ3v) is 4.24. The third-order valence-electron chi connectivity index (χ3n) is 2.22. The monoisotopic (exact) mass is 314 g/mol. The summed E-state index contributed by atoms with van der Waals surface area (Å²) in [4.78, 5) is 1.01. The van der Waals surface area contributed by atoms with Gasteiger partial charge in [0.2, 0.25) is 5.16 Å². The summed E-state index contributed by atoms with van der Waals surface area (Å²) in [6.07, 6.45) is -0.471. The molecule has 0 radical (unpaired) electrons. The normalized spacial score (nSPS) is 12.7. The highest BCUT2D eigenvalue weighted by atomic mass is 79.9. The zero-order chi connectivity index (χ0) is 12.4. The number of nitrogens with zero attached hydrogens (tertiary/aromatic N) is 4. The van der Waals surface area contributed by atoms with Crippen molar-refractivity contribution in [1.29, 1.82) is 0 Å². The number of aliphatic hydroxyl groups is 1. The second kappa shape index (κ2) is 5.16. The molecule has 7 heteroatoms. The van der Waals surface area contributed by atoms with E-state index in [-0.39, 0.29) is 0 Å². The van der Waals surface area contributed by atoms with Gasteiger partial charge in [-0.05, 0) is 62.7 Å². The standard InChI is InChI=1S/C10H11BrN4OS/c1-6(16)7-3-4-9(8(11)5-7)17-10-12-13-14-15(10)2/h3-6,16H,1-2H3. The fraction of sp³-hybridized carbons (Fsp3) is 0.300. The number of aromatic nitrogens is 4. The molecule has 1 atom stereocenters. The molecule has 0 spiro atoms. The topological polar surface area (TPSA) is 63.8 Å². The first-order chi connectivity index (χ1) is 8.08. The average molecular weight is 315 g/mol. The molecule has 2 aromatic rings. The van der Waals surface area contributed by atoms with Crippen molar-refractivity contribution < 1.29 is 5.11 Å². The molecule has 17 heavy (non-hydrogen) atoms. The van der Waals surface area contributed by atoms with Crippen LogP contribution in [0.4, 0.5) is 0 Å². The van der Waals surface area contributed by atoms with Gasteiger partial charge in [-0.25, -0.2) is 4.68 Å². The number of rotatable bonds is 3. The third kappa shape index (κ3) is 2.85. The summed E-state index contributed by atoms with van der Waals surface area (Å²) in [6.45, 7) is 1.74. The number of benzene rings is 1. The van der Waals surface area contributed by atoms with Gasteiger partial charge in [-0.2, -0.15) is 0 Å². The maximum Gasteiger partial charge on any atom is 0.213 e. The van der Waals surface area contributed by atoms with Crippen LogP contribution in [-0.4, -0.2) is 25.3 Å². The Morgan fingerprint density at radius 1 is 1.47 bits per heavy atom. The van der Waals surface area contributed by atoms with Crippen LogP contribution in [0.15, 0.2) is 32.7 Å². The molecule has 0 fully saturated rings. The zero-order valence-corrected chi connectivity index (χ0v) is 11.7. The Morgan fingerprint density at radius 2 is 2.24 bits per heavy atom. The van der Waals surface area contributed by atoms with Gasteiger partial charge in [0.1, 0.15) is 0 Å². The molecule has 0 saturated heterocycles. The van der Waals surface area contributed by atoms with Crippen molar-refractivity contribution in [1.82, 2.24) is 20.2 Å². The van der Waals surface area contributed by atoms with Crippen molar-refractivity contribution in [3.8, 4) is 0 Å². The second-order valence-electron chi connectivity index (χ2n) is 3.55. The molecule has 1 N–H and O–H groups in total. The molecule has 1 heterocycles. The summed E-state index contributed by atoms with van der Waals surface area (Å²) in [5.41, 5.74) is 0.873. The summed E-state index contributed by atoms with van der Waals surface area (Å²) in [5, 5.41) is 21.4. The Balaban J connectivity index is 2.26. The summed E-state index contributed by atoms with van der Waals surface area (Å²) in [6, 6.07) is 5.73. The zero-order valence-electron chi connectivity index (χ0n) is 9.33. The van der Waals surface area contributed by atoms with Crippen LogP contribution in [0.3, 0.4) is 0 Å². The Bertz CT molecular complexity index is 529. The fourth-order valence-corrected chi connectivity index (χ4v) is 2.64. The first-order valence-corrected chi connectivity index (χ1v) is 6.56. The molecule has 0 aliphatic rings. The van der Waals surface area contributed by atoms with Crippen molar-refractivity contribution in [3.63, 3.8) is 0 Å². The molecule has 0 amide bonds. The molecule has 1 aromatic heterocycles. The van der Waals surface area contributed by atoms with Gasteiger partial charge >= 0.3 is 0 Å². The Kier molecular flexibility index (Phi) is 3.80. The quantitative estimate of drug-likeness (QED) is 0.940. The summed E-state index contributed by atoms with van der Waals surface area (Å²) in [7, 11) is 1.79. The van der Waals surface area contributed by atoms with Crippen LogP contribution >= 0.6 is 27.7 Å². The first-order valence-electron chi connectivity index (χ1n) is 4.95. The van der Waals surface area contributed by atoms with Crippen LogP contribution in [0, 0.1) is 0 Å². The Hall–Kier alpha value is -0.920. The number of hydrogen-bond donors (Lipinski definition) is 1. The molecular formula is C10H11BrN4OS. The molecule has 1 aromatic carbocycles. The van der Waals surface area contributed by atoms with Gasteiger partial charge in [0, 0.05) is 16.4 Å². The van der Waals surface area contributed by atoms with E-state index in [4.69, 9.17) is 0 Å². The van der Waals surface area contributed by atoms with E-state index in [1.54, 1.807) is 18.7 Å². The van der Waals surface area contributed by atoms with Crippen LogP contribution < -0.4 is 0 Å². The van der Waals surface area contributed by atoms with Gasteiger partial charge in [0.15, 0.2) is 0 Å².